The van der Waals surface area contributed by atoms with Gasteiger partial charge in [0.1, 0.15) is 12.4 Å². The van der Waals surface area contributed by atoms with E-state index in [1.807, 2.05) is 30.3 Å². The third kappa shape index (κ3) is 5.45. The molecule has 4 heteroatoms. The van der Waals surface area contributed by atoms with E-state index in [9.17, 15) is 4.79 Å². The van der Waals surface area contributed by atoms with Crippen LogP contribution in [0.15, 0.2) is 42.0 Å². The molecule has 0 aliphatic rings. The van der Waals surface area contributed by atoms with Crippen LogP contribution < -0.4 is 4.74 Å². The van der Waals surface area contributed by atoms with Gasteiger partial charge in [-0.3, -0.25) is 0 Å². The molecule has 0 heterocycles. The van der Waals surface area contributed by atoms with Gasteiger partial charge in [-0.05, 0) is 25.5 Å². The summed E-state index contributed by atoms with van der Waals surface area (Å²) in [5.74, 6) is -0.0972. The summed E-state index contributed by atoms with van der Waals surface area (Å²) < 4.78 is 5.51. The molecule has 0 amide bonds. The zero-order valence-electron chi connectivity index (χ0n) is 9.67. The van der Waals surface area contributed by atoms with Crippen molar-refractivity contribution in [2.45, 2.75) is 18.6 Å². The number of aliphatic carboxylic acids is 1. The van der Waals surface area contributed by atoms with E-state index in [1.165, 1.54) is 0 Å². The van der Waals surface area contributed by atoms with Gasteiger partial charge < -0.3 is 9.84 Å². The number of carbonyl (C=O) groups is 1. The highest BCUT2D eigenvalue weighted by atomic mass is 32.1. The third-order valence-corrected chi connectivity index (χ3v) is 2.58. The number of carboxylic acids is 1. The maximum atomic E-state index is 10.6. The smallest absolute Gasteiger partial charge is 0.330 e. The number of benzene rings is 1. The molecule has 1 aromatic rings. The number of hydrogen-bond acceptors (Lipinski definition) is 3. The molecule has 0 bridgehead atoms. The van der Waals surface area contributed by atoms with Crippen LogP contribution in [-0.2, 0) is 4.79 Å². The fraction of sp³-hybridized carbons (Fsp3) is 0.308. The van der Waals surface area contributed by atoms with E-state index in [2.05, 4.69) is 12.6 Å². The molecule has 0 saturated carbocycles. The summed E-state index contributed by atoms with van der Waals surface area (Å²) in [6.45, 7) is 2.03. The lowest BCUT2D eigenvalue weighted by atomic mass is 10.2. The van der Waals surface area contributed by atoms with E-state index < -0.39 is 5.97 Å². The normalized spacial score (nSPS) is 13.2. The molecule has 17 heavy (non-hydrogen) atoms. The van der Waals surface area contributed by atoms with Gasteiger partial charge in [0.25, 0.3) is 0 Å². The number of ether oxygens (including phenoxy) is 1. The second-order valence-electron chi connectivity index (χ2n) is 3.71. The maximum Gasteiger partial charge on any atom is 0.330 e. The fourth-order valence-corrected chi connectivity index (χ4v) is 1.36. The Bertz CT molecular complexity index is 387. The molecule has 0 saturated heterocycles. The maximum absolute atomic E-state index is 10.6. The van der Waals surface area contributed by atoms with Crippen molar-refractivity contribution >= 4 is 18.6 Å². The van der Waals surface area contributed by atoms with E-state index in [4.69, 9.17) is 9.84 Å². The van der Waals surface area contributed by atoms with Crippen molar-refractivity contribution in [1.29, 1.82) is 0 Å². The van der Waals surface area contributed by atoms with Crippen LogP contribution in [0.3, 0.4) is 0 Å². The lowest BCUT2D eigenvalue weighted by Gasteiger charge is -2.10. The molecular weight excluding hydrogens is 236 g/mol. The fourth-order valence-electron chi connectivity index (χ4n) is 1.18. The van der Waals surface area contributed by atoms with Crippen LogP contribution in [0, 0.1) is 0 Å². The van der Waals surface area contributed by atoms with E-state index in [-0.39, 0.29) is 5.25 Å². The van der Waals surface area contributed by atoms with Gasteiger partial charge >= 0.3 is 5.97 Å². The molecule has 1 atom stereocenters. The van der Waals surface area contributed by atoms with Crippen molar-refractivity contribution in [3.05, 3.63) is 42.0 Å². The number of rotatable bonds is 6. The molecular formula is C13H16O3S. The molecule has 0 aliphatic carbocycles. The first-order chi connectivity index (χ1) is 8.09. The van der Waals surface area contributed by atoms with Gasteiger partial charge in [-0.15, -0.1) is 0 Å². The monoisotopic (exact) mass is 252 g/mol. The van der Waals surface area contributed by atoms with E-state index >= 15 is 0 Å². The third-order valence-electron chi connectivity index (χ3n) is 2.22. The molecule has 0 aromatic heterocycles. The molecule has 3 nitrogen and oxygen atoms in total. The largest absolute Gasteiger partial charge is 0.492 e. The standard InChI is InChI=1S/C13H16O3S/c1-10(13(14)15)7-8-12(17)9-16-11-5-3-2-4-6-11/h2-7,12,17H,8-9H2,1H3,(H,14,15)/b10-7+. The van der Waals surface area contributed by atoms with E-state index in [0.29, 0.717) is 18.6 Å². The van der Waals surface area contributed by atoms with Crippen molar-refractivity contribution in [2.75, 3.05) is 6.61 Å². The average Bonchev–Trinajstić information content (AvgIpc) is 2.34. The molecule has 0 aliphatic heterocycles. The van der Waals surface area contributed by atoms with Gasteiger partial charge in [-0.1, -0.05) is 24.3 Å². The van der Waals surface area contributed by atoms with Crippen LogP contribution in [-0.4, -0.2) is 22.9 Å². The first-order valence-electron chi connectivity index (χ1n) is 5.35. The quantitative estimate of drug-likeness (QED) is 0.604. The van der Waals surface area contributed by atoms with Crippen molar-refractivity contribution in [3.8, 4) is 5.75 Å². The lowest BCUT2D eigenvalue weighted by Crippen LogP contribution is -2.11. The van der Waals surface area contributed by atoms with Gasteiger partial charge in [-0.25, -0.2) is 4.79 Å². The number of hydrogen-bond donors (Lipinski definition) is 2. The predicted octanol–water partition coefficient (Wildman–Crippen LogP) is 2.78. The predicted molar refractivity (Wildman–Crippen MR) is 70.7 cm³/mol. The molecule has 0 radical (unpaired) electrons. The van der Waals surface area contributed by atoms with Gasteiger partial charge in [0.15, 0.2) is 0 Å². The van der Waals surface area contributed by atoms with Crippen LogP contribution in [0.5, 0.6) is 5.75 Å². The molecule has 0 spiro atoms. The van der Waals surface area contributed by atoms with Gasteiger partial charge in [0.2, 0.25) is 0 Å². The van der Waals surface area contributed by atoms with Gasteiger partial charge in [-0.2, -0.15) is 12.6 Å². The molecule has 1 rings (SSSR count). The number of carboxylic acid groups (broad SMARTS) is 1. The minimum Gasteiger partial charge on any atom is -0.492 e. The minimum absolute atomic E-state index is 0.00972. The van der Waals surface area contributed by atoms with Crippen molar-refractivity contribution in [2.24, 2.45) is 0 Å². The summed E-state index contributed by atoms with van der Waals surface area (Å²) in [6.07, 6.45) is 2.24. The van der Waals surface area contributed by atoms with Crippen molar-refractivity contribution in [3.63, 3.8) is 0 Å². The Kier molecular flexibility index (Phi) is 5.63. The molecule has 92 valence electrons. The molecule has 1 aromatic carbocycles. The Morgan fingerprint density at radius 1 is 1.47 bits per heavy atom. The van der Waals surface area contributed by atoms with E-state index in [1.54, 1.807) is 13.0 Å². The molecule has 0 fully saturated rings. The summed E-state index contributed by atoms with van der Waals surface area (Å²) in [5, 5.41) is 8.67. The Morgan fingerprint density at radius 2 is 2.12 bits per heavy atom. The zero-order chi connectivity index (χ0) is 12.7. The van der Waals surface area contributed by atoms with Crippen LogP contribution in [0.25, 0.3) is 0 Å². The lowest BCUT2D eigenvalue weighted by molar-refractivity contribution is -0.132. The van der Waals surface area contributed by atoms with Gasteiger partial charge in [0.05, 0.1) is 0 Å². The average molecular weight is 252 g/mol. The summed E-state index contributed by atoms with van der Waals surface area (Å²) >= 11 is 4.34. The van der Waals surface area contributed by atoms with Crippen molar-refractivity contribution < 1.29 is 14.6 Å². The van der Waals surface area contributed by atoms with E-state index in [0.717, 1.165) is 5.75 Å². The summed E-state index contributed by atoms with van der Waals surface area (Å²) in [4.78, 5) is 10.6. The topological polar surface area (TPSA) is 46.5 Å². The summed E-state index contributed by atoms with van der Waals surface area (Å²) in [5.41, 5.74) is 0.337. The van der Waals surface area contributed by atoms with Gasteiger partial charge in [0, 0.05) is 10.8 Å². The number of allylic oxidation sites excluding steroid dienone is 1. The summed E-state index contributed by atoms with van der Waals surface area (Å²) in [7, 11) is 0. The molecule has 1 unspecified atom stereocenters. The van der Waals surface area contributed by atoms with Crippen LogP contribution in [0.1, 0.15) is 13.3 Å². The van der Waals surface area contributed by atoms with Crippen LogP contribution in [0.4, 0.5) is 0 Å². The second-order valence-corrected chi connectivity index (χ2v) is 4.44. The Labute approximate surface area is 107 Å². The Balaban J connectivity index is 2.33. The second kappa shape index (κ2) is 7.01. The van der Waals surface area contributed by atoms with Crippen LogP contribution >= 0.6 is 12.6 Å². The number of para-hydroxylation sites is 1. The summed E-state index contributed by atoms with van der Waals surface area (Å²) in [6, 6.07) is 9.47. The SMILES string of the molecule is C/C(=C\CC(S)COc1ccccc1)C(=O)O. The van der Waals surface area contributed by atoms with Crippen molar-refractivity contribution in [1.82, 2.24) is 0 Å². The highest BCUT2D eigenvalue weighted by molar-refractivity contribution is 7.81. The Hall–Kier alpha value is -1.42. The first kappa shape index (κ1) is 13.6. The Morgan fingerprint density at radius 3 is 2.71 bits per heavy atom. The first-order valence-corrected chi connectivity index (χ1v) is 5.87. The van der Waals surface area contributed by atoms with Crippen LogP contribution in [0.2, 0.25) is 0 Å². The zero-order valence-corrected chi connectivity index (χ0v) is 10.6. The highest BCUT2D eigenvalue weighted by Gasteiger charge is 2.05. The number of thiol groups is 1. The minimum atomic E-state index is -0.894. The molecule has 1 N–H and O–H groups in total. The highest BCUT2D eigenvalue weighted by Crippen LogP contribution is 2.12.